The van der Waals surface area contributed by atoms with Gasteiger partial charge in [-0.1, -0.05) is 12.1 Å². The second-order valence-corrected chi connectivity index (χ2v) is 7.43. The third-order valence-corrected chi connectivity index (χ3v) is 5.50. The van der Waals surface area contributed by atoms with Gasteiger partial charge in [-0.15, -0.1) is 0 Å². The van der Waals surface area contributed by atoms with Crippen LogP contribution in [-0.4, -0.2) is 54.1 Å². The molecule has 0 unspecified atom stereocenters. The Morgan fingerprint density at radius 3 is 2.33 bits per heavy atom. The van der Waals surface area contributed by atoms with Gasteiger partial charge in [0, 0.05) is 24.7 Å². The molecule has 0 spiro atoms. The summed E-state index contributed by atoms with van der Waals surface area (Å²) in [4.78, 5) is 24.2. The van der Waals surface area contributed by atoms with Crippen molar-refractivity contribution >= 4 is 22.8 Å². The first-order chi connectivity index (χ1) is 14.6. The highest BCUT2D eigenvalue weighted by molar-refractivity contribution is 5.95. The maximum Gasteiger partial charge on any atom is 0.253 e. The summed E-state index contributed by atoms with van der Waals surface area (Å²) in [5.41, 5.74) is 3.27. The van der Waals surface area contributed by atoms with E-state index in [4.69, 9.17) is 14.5 Å². The van der Waals surface area contributed by atoms with Gasteiger partial charge < -0.3 is 19.7 Å². The van der Waals surface area contributed by atoms with Crippen LogP contribution in [0.2, 0.25) is 0 Å². The smallest absolute Gasteiger partial charge is 0.253 e. The molecular weight excluding hydrogens is 380 g/mol. The number of carbonyl (C=O) groups excluding carboxylic acids is 1. The second kappa shape index (κ2) is 8.57. The highest BCUT2D eigenvalue weighted by Crippen LogP contribution is 2.28. The Balaban J connectivity index is 1.40. The normalized spacial score (nSPS) is 14.6. The molecule has 156 valence electrons. The average molecular weight is 406 g/mol. The lowest BCUT2D eigenvalue weighted by Crippen LogP contribution is -2.42. The number of carbonyl (C=O) groups is 1. The predicted octanol–water partition coefficient (Wildman–Crippen LogP) is 3.67. The Labute approximate surface area is 176 Å². The van der Waals surface area contributed by atoms with Crippen molar-refractivity contribution in [3.8, 4) is 11.5 Å². The number of para-hydroxylation sites is 2. The molecule has 1 N–H and O–H groups in total. The quantitative estimate of drug-likeness (QED) is 0.697. The zero-order valence-electron chi connectivity index (χ0n) is 17.5. The lowest BCUT2D eigenvalue weighted by atomic mass is 10.0. The number of benzene rings is 2. The third-order valence-electron chi connectivity index (χ3n) is 5.50. The number of anilines is 1. The van der Waals surface area contributed by atoms with Gasteiger partial charge in [0.1, 0.15) is 5.82 Å². The molecular formula is C23H26N4O3. The number of aromatic nitrogens is 2. The summed E-state index contributed by atoms with van der Waals surface area (Å²) in [5, 5.41) is 3.53. The molecule has 4 rings (SSSR count). The van der Waals surface area contributed by atoms with E-state index in [9.17, 15) is 4.79 Å². The number of hydrogen-bond donors (Lipinski definition) is 1. The Morgan fingerprint density at radius 2 is 1.67 bits per heavy atom. The number of likely N-dealkylation sites (tertiary alicyclic amines) is 1. The molecule has 1 aliphatic rings. The van der Waals surface area contributed by atoms with Crippen molar-refractivity contribution in [1.29, 1.82) is 0 Å². The van der Waals surface area contributed by atoms with Crippen LogP contribution in [0.25, 0.3) is 11.0 Å². The van der Waals surface area contributed by atoms with Gasteiger partial charge in [0.15, 0.2) is 11.5 Å². The number of fused-ring (bicyclic) bond motifs is 1. The second-order valence-electron chi connectivity index (χ2n) is 7.43. The monoisotopic (exact) mass is 406 g/mol. The van der Waals surface area contributed by atoms with Crippen LogP contribution >= 0.6 is 0 Å². The van der Waals surface area contributed by atoms with E-state index in [1.54, 1.807) is 32.4 Å². The summed E-state index contributed by atoms with van der Waals surface area (Å²) in [6.07, 6.45) is 1.71. The first-order valence-corrected chi connectivity index (χ1v) is 10.1. The highest BCUT2D eigenvalue weighted by Gasteiger charge is 2.25. The molecule has 30 heavy (non-hydrogen) atoms. The van der Waals surface area contributed by atoms with Crippen molar-refractivity contribution < 1.29 is 14.3 Å². The molecule has 1 fully saturated rings. The average Bonchev–Trinajstić information content (AvgIpc) is 2.79. The zero-order valence-corrected chi connectivity index (χ0v) is 17.5. The lowest BCUT2D eigenvalue weighted by Gasteiger charge is -2.33. The minimum absolute atomic E-state index is 0.0103. The summed E-state index contributed by atoms with van der Waals surface area (Å²) in [6.45, 7) is 3.34. The van der Waals surface area contributed by atoms with Crippen LogP contribution in [0.4, 0.5) is 5.82 Å². The molecule has 2 aromatic carbocycles. The van der Waals surface area contributed by atoms with Crippen molar-refractivity contribution in [2.75, 3.05) is 32.6 Å². The van der Waals surface area contributed by atoms with E-state index in [-0.39, 0.29) is 11.9 Å². The molecule has 0 atom stereocenters. The van der Waals surface area contributed by atoms with Crippen LogP contribution in [0.5, 0.6) is 11.5 Å². The zero-order chi connectivity index (χ0) is 21.1. The molecule has 7 nitrogen and oxygen atoms in total. The minimum atomic E-state index is 0.0103. The van der Waals surface area contributed by atoms with E-state index in [2.05, 4.69) is 10.3 Å². The fraction of sp³-hybridized carbons (Fsp3) is 0.348. The molecule has 0 aliphatic carbocycles. The van der Waals surface area contributed by atoms with E-state index < -0.39 is 0 Å². The van der Waals surface area contributed by atoms with E-state index >= 15 is 0 Å². The van der Waals surface area contributed by atoms with Crippen LogP contribution in [0, 0.1) is 6.92 Å². The van der Waals surface area contributed by atoms with E-state index in [0.29, 0.717) is 30.2 Å². The standard InChI is InChI=1S/C23H26N4O3/c1-15-22(26-19-7-5-4-6-18(19)24-15)25-17-10-12-27(13-11-17)23(28)16-8-9-20(29-2)21(14-16)30-3/h4-9,14,17H,10-13H2,1-3H3,(H,25,26). The van der Waals surface area contributed by atoms with Crippen LogP contribution in [-0.2, 0) is 0 Å². The van der Waals surface area contributed by atoms with Crippen molar-refractivity contribution in [3.05, 3.63) is 53.7 Å². The Kier molecular flexibility index (Phi) is 5.70. The Bertz CT molecular complexity index is 1060. The Hall–Kier alpha value is -3.35. The van der Waals surface area contributed by atoms with Crippen LogP contribution in [0.3, 0.4) is 0 Å². The first-order valence-electron chi connectivity index (χ1n) is 10.1. The first kappa shape index (κ1) is 19.9. The molecule has 1 aliphatic heterocycles. The van der Waals surface area contributed by atoms with Crippen LogP contribution in [0.15, 0.2) is 42.5 Å². The molecule has 0 saturated carbocycles. The third kappa shape index (κ3) is 4.01. The van der Waals surface area contributed by atoms with Crippen molar-refractivity contribution in [1.82, 2.24) is 14.9 Å². The van der Waals surface area contributed by atoms with Gasteiger partial charge in [-0.3, -0.25) is 4.79 Å². The van der Waals surface area contributed by atoms with Gasteiger partial charge in [0.25, 0.3) is 5.91 Å². The number of rotatable bonds is 5. The Morgan fingerprint density at radius 1 is 1.00 bits per heavy atom. The number of piperidine rings is 1. The predicted molar refractivity (Wildman–Crippen MR) is 116 cm³/mol. The van der Waals surface area contributed by atoms with Gasteiger partial charge >= 0.3 is 0 Å². The van der Waals surface area contributed by atoms with Gasteiger partial charge in [0.05, 0.1) is 30.9 Å². The molecule has 7 heteroatoms. The van der Waals surface area contributed by atoms with E-state index in [1.807, 2.05) is 36.1 Å². The molecule has 2 heterocycles. The molecule has 1 amide bonds. The largest absolute Gasteiger partial charge is 0.493 e. The summed E-state index contributed by atoms with van der Waals surface area (Å²) < 4.78 is 10.6. The number of hydrogen-bond acceptors (Lipinski definition) is 6. The molecule has 0 radical (unpaired) electrons. The maximum absolute atomic E-state index is 12.9. The summed E-state index contributed by atoms with van der Waals surface area (Å²) in [5.74, 6) is 2.00. The van der Waals surface area contributed by atoms with Crippen molar-refractivity contribution in [2.45, 2.75) is 25.8 Å². The fourth-order valence-electron chi connectivity index (χ4n) is 3.80. The van der Waals surface area contributed by atoms with Crippen LogP contribution in [0.1, 0.15) is 28.9 Å². The van der Waals surface area contributed by atoms with E-state index in [0.717, 1.165) is 35.4 Å². The molecule has 3 aromatic rings. The number of nitrogens with zero attached hydrogens (tertiary/aromatic N) is 3. The van der Waals surface area contributed by atoms with Gasteiger partial charge in [0.2, 0.25) is 0 Å². The van der Waals surface area contributed by atoms with Gasteiger partial charge in [-0.25, -0.2) is 9.97 Å². The number of nitrogens with one attached hydrogen (secondary N) is 1. The number of amides is 1. The van der Waals surface area contributed by atoms with Gasteiger partial charge in [-0.05, 0) is 50.1 Å². The highest BCUT2D eigenvalue weighted by atomic mass is 16.5. The summed E-state index contributed by atoms with van der Waals surface area (Å²) in [6, 6.07) is 13.4. The van der Waals surface area contributed by atoms with Gasteiger partial charge in [-0.2, -0.15) is 0 Å². The number of aryl methyl sites for hydroxylation is 1. The topological polar surface area (TPSA) is 76.6 Å². The summed E-state index contributed by atoms with van der Waals surface area (Å²) >= 11 is 0. The number of ether oxygens (including phenoxy) is 2. The molecule has 1 saturated heterocycles. The maximum atomic E-state index is 12.9. The van der Waals surface area contributed by atoms with Crippen molar-refractivity contribution in [2.24, 2.45) is 0 Å². The lowest BCUT2D eigenvalue weighted by molar-refractivity contribution is 0.0718. The minimum Gasteiger partial charge on any atom is -0.493 e. The molecule has 0 bridgehead atoms. The van der Waals surface area contributed by atoms with Crippen LogP contribution < -0.4 is 14.8 Å². The van der Waals surface area contributed by atoms with Crippen molar-refractivity contribution in [3.63, 3.8) is 0 Å². The number of methoxy groups -OCH3 is 2. The summed E-state index contributed by atoms with van der Waals surface area (Å²) in [7, 11) is 3.15. The molecule has 1 aromatic heterocycles. The SMILES string of the molecule is COc1ccc(C(=O)N2CCC(Nc3nc4ccccc4nc3C)CC2)cc1OC. The van der Waals surface area contributed by atoms with E-state index in [1.165, 1.54) is 0 Å². The fourth-order valence-corrected chi connectivity index (χ4v) is 3.80.